The highest BCUT2D eigenvalue weighted by Crippen LogP contribution is 2.33. The van der Waals surface area contributed by atoms with Gasteiger partial charge < -0.3 is 10.5 Å². The Bertz CT molecular complexity index is 948. The highest BCUT2D eigenvalue weighted by Gasteiger charge is 2.14. The summed E-state index contributed by atoms with van der Waals surface area (Å²) in [5.41, 5.74) is 9.64. The molecule has 0 unspecified atom stereocenters. The molecule has 1 aromatic heterocycles. The summed E-state index contributed by atoms with van der Waals surface area (Å²) in [4.78, 5) is 4.39. The summed E-state index contributed by atoms with van der Waals surface area (Å²) in [6, 6.07) is 19.4. The standard InChI is InChI=1S/C19H14BrN3O/c1-24-15-7-3-5-13(9-15)18-10-16(17(11-21)19(22)23-18)12-4-2-6-14(20)8-12/h2-10H,1H3,(H2,22,23). The summed E-state index contributed by atoms with van der Waals surface area (Å²) < 4.78 is 6.20. The molecular weight excluding hydrogens is 366 g/mol. The molecule has 2 aromatic carbocycles. The fourth-order valence-corrected chi connectivity index (χ4v) is 2.90. The summed E-state index contributed by atoms with van der Waals surface area (Å²) in [6.07, 6.45) is 0. The first-order valence-corrected chi connectivity index (χ1v) is 8.02. The third-order valence-corrected chi connectivity index (χ3v) is 4.15. The number of methoxy groups -OCH3 is 1. The van der Waals surface area contributed by atoms with Gasteiger partial charge in [-0.05, 0) is 35.9 Å². The second-order valence-corrected chi connectivity index (χ2v) is 6.09. The van der Waals surface area contributed by atoms with Crippen LogP contribution in [0.4, 0.5) is 5.82 Å². The van der Waals surface area contributed by atoms with E-state index in [1.54, 1.807) is 7.11 Å². The van der Waals surface area contributed by atoms with Gasteiger partial charge in [-0.15, -0.1) is 0 Å². The second kappa shape index (κ2) is 6.73. The van der Waals surface area contributed by atoms with E-state index in [1.165, 1.54) is 0 Å². The molecule has 2 N–H and O–H groups in total. The molecule has 0 aliphatic heterocycles. The fourth-order valence-electron chi connectivity index (χ4n) is 2.50. The molecule has 0 aliphatic rings. The number of ether oxygens (including phenoxy) is 1. The van der Waals surface area contributed by atoms with Gasteiger partial charge in [0.15, 0.2) is 0 Å². The van der Waals surface area contributed by atoms with Gasteiger partial charge in [-0.1, -0.05) is 40.2 Å². The first-order valence-electron chi connectivity index (χ1n) is 7.23. The van der Waals surface area contributed by atoms with Crippen molar-refractivity contribution >= 4 is 21.7 Å². The van der Waals surface area contributed by atoms with E-state index in [1.807, 2.05) is 54.6 Å². The maximum atomic E-state index is 9.47. The average molecular weight is 380 g/mol. The molecule has 0 spiro atoms. The van der Waals surface area contributed by atoms with Gasteiger partial charge in [0.1, 0.15) is 23.2 Å². The SMILES string of the molecule is COc1cccc(-c2cc(-c3cccc(Br)c3)c(C#N)c(N)n2)c1. The predicted molar refractivity (Wildman–Crippen MR) is 98.5 cm³/mol. The van der Waals surface area contributed by atoms with Crippen LogP contribution < -0.4 is 10.5 Å². The lowest BCUT2D eigenvalue weighted by Gasteiger charge is -2.11. The number of rotatable bonds is 3. The number of nitriles is 1. The van der Waals surface area contributed by atoms with Crippen molar-refractivity contribution in [3.8, 4) is 34.2 Å². The summed E-state index contributed by atoms with van der Waals surface area (Å²) in [7, 11) is 1.62. The average Bonchev–Trinajstić information content (AvgIpc) is 2.61. The molecular formula is C19H14BrN3O. The Balaban J connectivity index is 2.22. The molecule has 4 nitrogen and oxygen atoms in total. The van der Waals surface area contributed by atoms with Crippen molar-refractivity contribution < 1.29 is 4.74 Å². The van der Waals surface area contributed by atoms with Crippen molar-refractivity contribution in [3.63, 3.8) is 0 Å². The van der Waals surface area contributed by atoms with E-state index in [4.69, 9.17) is 10.5 Å². The van der Waals surface area contributed by atoms with Crippen LogP contribution in [0.1, 0.15) is 5.56 Å². The molecule has 0 aliphatic carbocycles. The molecule has 3 aromatic rings. The van der Waals surface area contributed by atoms with Crippen LogP contribution in [0.3, 0.4) is 0 Å². The molecule has 0 saturated carbocycles. The molecule has 0 radical (unpaired) electrons. The number of hydrogen-bond donors (Lipinski definition) is 1. The molecule has 0 amide bonds. The molecule has 3 rings (SSSR count). The van der Waals surface area contributed by atoms with Gasteiger partial charge >= 0.3 is 0 Å². The van der Waals surface area contributed by atoms with Gasteiger partial charge in [-0.25, -0.2) is 4.98 Å². The maximum Gasteiger partial charge on any atom is 0.142 e. The number of anilines is 1. The smallest absolute Gasteiger partial charge is 0.142 e. The van der Waals surface area contributed by atoms with Gasteiger partial charge in [0.2, 0.25) is 0 Å². The largest absolute Gasteiger partial charge is 0.497 e. The number of nitrogens with zero attached hydrogens (tertiary/aromatic N) is 2. The molecule has 0 bridgehead atoms. The van der Waals surface area contributed by atoms with Crippen molar-refractivity contribution in [3.05, 3.63) is 64.6 Å². The lowest BCUT2D eigenvalue weighted by atomic mass is 9.98. The molecule has 1 heterocycles. The quantitative estimate of drug-likeness (QED) is 0.719. The van der Waals surface area contributed by atoms with Crippen molar-refractivity contribution in [2.75, 3.05) is 12.8 Å². The zero-order valence-corrected chi connectivity index (χ0v) is 14.5. The fraction of sp³-hybridized carbons (Fsp3) is 0.0526. The maximum absolute atomic E-state index is 9.47. The third-order valence-electron chi connectivity index (χ3n) is 3.66. The second-order valence-electron chi connectivity index (χ2n) is 5.17. The first-order chi connectivity index (χ1) is 11.6. The Labute approximate surface area is 148 Å². The number of nitrogen functional groups attached to an aromatic ring is 1. The monoisotopic (exact) mass is 379 g/mol. The Morgan fingerprint density at radius 3 is 2.54 bits per heavy atom. The molecule has 24 heavy (non-hydrogen) atoms. The van der Waals surface area contributed by atoms with Crippen LogP contribution in [0.25, 0.3) is 22.4 Å². The van der Waals surface area contributed by atoms with E-state index in [2.05, 4.69) is 27.0 Å². The van der Waals surface area contributed by atoms with E-state index in [0.717, 1.165) is 26.9 Å². The Morgan fingerprint density at radius 1 is 1.08 bits per heavy atom. The third kappa shape index (κ3) is 3.10. The van der Waals surface area contributed by atoms with Crippen LogP contribution in [-0.4, -0.2) is 12.1 Å². The number of aromatic nitrogens is 1. The van der Waals surface area contributed by atoms with Crippen LogP contribution in [0.5, 0.6) is 5.75 Å². The zero-order valence-electron chi connectivity index (χ0n) is 13.0. The van der Waals surface area contributed by atoms with Crippen LogP contribution in [0, 0.1) is 11.3 Å². The van der Waals surface area contributed by atoms with E-state index >= 15 is 0 Å². The number of nitrogens with two attached hydrogens (primary N) is 1. The van der Waals surface area contributed by atoms with Crippen LogP contribution >= 0.6 is 15.9 Å². The van der Waals surface area contributed by atoms with E-state index in [-0.39, 0.29) is 5.82 Å². The highest BCUT2D eigenvalue weighted by molar-refractivity contribution is 9.10. The minimum Gasteiger partial charge on any atom is -0.497 e. The lowest BCUT2D eigenvalue weighted by molar-refractivity contribution is 0.415. The molecule has 5 heteroatoms. The predicted octanol–water partition coefficient (Wildman–Crippen LogP) is 4.64. The number of pyridine rings is 1. The lowest BCUT2D eigenvalue weighted by Crippen LogP contribution is -2.00. The molecule has 0 saturated heterocycles. The summed E-state index contributed by atoms with van der Waals surface area (Å²) >= 11 is 3.46. The minimum atomic E-state index is 0.216. The van der Waals surface area contributed by atoms with Crippen molar-refractivity contribution in [2.45, 2.75) is 0 Å². The molecule has 0 atom stereocenters. The zero-order chi connectivity index (χ0) is 17.1. The van der Waals surface area contributed by atoms with Gasteiger partial charge in [0.25, 0.3) is 0 Å². The number of hydrogen-bond acceptors (Lipinski definition) is 4. The number of halogens is 1. The van der Waals surface area contributed by atoms with Crippen molar-refractivity contribution in [2.24, 2.45) is 0 Å². The Morgan fingerprint density at radius 2 is 1.83 bits per heavy atom. The first kappa shape index (κ1) is 16.0. The van der Waals surface area contributed by atoms with Crippen LogP contribution in [0.2, 0.25) is 0 Å². The van der Waals surface area contributed by atoms with Gasteiger partial charge in [0.05, 0.1) is 12.8 Å². The summed E-state index contributed by atoms with van der Waals surface area (Å²) in [6.45, 7) is 0. The van der Waals surface area contributed by atoms with Gasteiger partial charge in [-0.3, -0.25) is 0 Å². The van der Waals surface area contributed by atoms with Crippen LogP contribution in [0.15, 0.2) is 59.1 Å². The normalized spacial score (nSPS) is 10.2. The minimum absolute atomic E-state index is 0.216. The highest BCUT2D eigenvalue weighted by atomic mass is 79.9. The van der Waals surface area contributed by atoms with E-state index in [0.29, 0.717) is 11.3 Å². The molecule has 118 valence electrons. The van der Waals surface area contributed by atoms with Crippen molar-refractivity contribution in [1.82, 2.24) is 4.98 Å². The topological polar surface area (TPSA) is 71.9 Å². The van der Waals surface area contributed by atoms with Crippen LogP contribution in [-0.2, 0) is 0 Å². The number of benzene rings is 2. The Kier molecular flexibility index (Phi) is 4.50. The van der Waals surface area contributed by atoms with Crippen molar-refractivity contribution in [1.29, 1.82) is 5.26 Å². The van der Waals surface area contributed by atoms with E-state index in [9.17, 15) is 5.26 Å². The Hall–Kier alpha value is -2.84. The van der Waals surface area contributed by atoms with Gasteiger partial charge in [0, 0.05) is 15.6 Å². The van der Waals surface area contributed by atoms with E-state index < -0.39 is 0 Å². The van der Waals surface area contributed by atoms with Gasteiger partial charge in [-0.2, -0.15) is 5.26 Å². The summed E-state index contributed by atoms with van der Waals surface area (Å²) in [5.74, 6) is 0.953. The summed E-state index contributed by atoms with van der Waals surface area (Å²) in [5, 5.41) is 9.47. The molecule has 0 fully saturated rings.